The summed E-state index contributed by atoms with van der Waals surface area (Å²) in [7, 11) is 1.85. The van der Waals surface area contributed by atoms with Gasteiger partial charge in [-0.25, -0.2) is 9.59 Å². The lowest BCUT2D eigenvalue weighted by molar-refractivity contribution is -0.141. The molecule has 0 bridgehead atoms. The normalized spacial score (nSPS) is 18.9. The highest BCUT2D eigenvalue weighted by molar-refractivity contribution is 7.99. The number of thioether (sulfide) groups is 1. The SMILES string of the molecule is Cn1nccc1CCNC(=O)N1CCSCC1C(=O)O. The molecule has 0 saturated carbocycles. The number of hydrogen-bond donors (Lipinski definition) is 2. The molecule has 7 nitrogen and oxygen atoms in total. The molecule has 2 amide bonds. The van der Waals surface area contributed by atoms with Crippen LogP contribution in [0.1, 0.15) is 5.69 Å². The highest BCUT2D eigenvalue weighted by Crippen LogP contribution is 2.16. The molecule has 0 spiro atoms. The summed E-state index contributed by atoms with van der Waals surface area (Å²) < 4.78 is 1.75. The zero-order valence-electron chi connectivity index (χ0n) is 11.3. The van der Waals surface area contributed by atoms with E-state index >= 15 is 0 Å². The molecule has 1 atom stereocenters. The summed E-state index contributed by atoms with van der Waals surface area (Å²) in [6.45, 7) is 0.938. The zero-order chi connectivity index (χ0) is 14.5. The molecule has 0 radical (unpaired) electrons. The minimum atomic E-state index is -0.945. The molecular formula is C12H18N4O3S. The molecule has 2 heterocycles. The quantitative estimate of drug-likeness (QED) is 0.827. The summed E-state index contributed by atoms with van der Waals surface area (Å²) in [6.07, 6.45) is 2.38. The van der Waals surface area contributed by atoms with Crippen LogP contribution in [0, 0.1) is 0 Å². The fourth-order valence-electron chi connectivity index (χ4n) is 2.10. The topological polar surface area (TPSA) is 87.5 Å². The predicted octanol–water partition coefficient (Wildman–Crippen LogP) is 0.174. The molecule has 2 rings (SSSR count). The van der Waals surface area contributed by atoms with Crippen LogP contribution in [-0.4, -0.2) is 62.4 Å². The van der Waals surface area contributed by atoms with E-state index in [0.29, 0.717) is 25.3 Å². The van der Waals surface area contributed by atoms with Crippen LogP contribution < -0.4 is 5.32 Å². The van der Waals surface area contributed by atoms with Crippen LogP contribution in [0.3, 0.4) is 0 Å². The number of aryl methyl sites for hydroxylation is 1. The van der Waals surface area contributed by atoms with Gasteiger partial charge < -0.3 is 15.3 Å². The number of nitrogens with zero attached hydrogens (tertiary/aromatic N) is 3. The Hall–Kier alpha value is -1.70. The molecular weight excluding hydrogens is 280 g/mol. The standard InChI is InChI=1S/C12H18N4O3S/c1-15-9(3-5-14-15)2-4-13-12(19)16-6-7-20-8-10(16)11(17)18/h3,5,10H,2,4,6-8H2,1H3,(H,13,19)(H,17,18). The predicted molar refractivity (Wildman–Crippen MR) is 75.8 cm³/mol. The monoisotopic (exact) mass is 298 g/mol. The maximum Gasteiger partial charge on any atom is 0.327 e. The minimum Gasteiger partial charge on any atom is -0.480 e. The van der Waals surface area contributed by atoms with Crippen molar-refractivity contribution in [2.24, 2.45) is 7.05 Å². The van der Waals surface area contributed by atoms with Gasteiger partial charge in [0.05, 0.1) is 0 Å². The van der Waals surface area contributed by atoms with Crippen molar-refractivity contribution >= 4 is 23.8 Å². The highest BCUT2D eigenvalue weighted by Gasteiger charge is 2.32. The second-order valence-corrected chi connectivity index (χ2v) is 5.70. The molecule has 8 heteroatoms. The highest BCUT2D eigenvalue weighted by atomic mass is 32.2. The van der Waals surface area contributed by atoms with Crippen molar-refractivity contribution in [1.29, 1.82) is 0 Å². The molecule has 1 aromatic rings. The second kappa shape index (κ2) is 6.65. The maximum atomic E-state index is 12.0. The van der Waals surface area contributed by atoms with Crippen LogP contribution in [0.4, 0.5) is 4.79 Å². The van der Waals surface area contributed by atoms with E-state index in [4.69, 9.17) is 5.11 Å². The van der Waals surface area contributed by atoms with Crippen LogP contribution >= 0.6 is 11.8 Å². The largest absolute Gasteiger partial charge is 0.480 e. The van der Waals surface area contributed by atoms with Gasteiger partial charge in [-0.3, -0.25) is 4.68 Å². The molecule has 1 aliphatic rings. The smallest absolute Gasteiger partial charge is 0.327 e. The number of carboxylic acids is 1. The van der Waals surface area contributed by atoms with Gasteiger partial charge in [0, 0.05) is 50.0 Å². The van der Waals surface area contributed by atoms with Crippen molar-refractivity contribution in [3.63, 3.8) is 0 Å². The summed E-state index contributed by atoms with van der Waals surface area (Å²) in [5.74, 6) is 0.280. The lowest BCUT2D eigenvalue weighted by Crippen LogP contribution is -2.54. The third kappa shape index (κ3) is 3.44. The second-order valence-electron chi connectivity index (χ2n) is 4.55. The van der Waals surface area contributed by atoms with Crippen molar-refractivity contribution in [1.82, 2.24) is 20.0 Å². The lowest BCUT2D eigenvalue weighted by Gasteiger charge is -2.32. The minimum absolute atomic E-state index is 0.306. The number of rotatable bonds is 4. The number of nitrogens with one attached hydrogen (secondary N) is 1. The van der Waals surface area contributed by atoms with Gasteiger partial charge in [-0.15, -0.1) is 0 Å². The van der Waals surface area contributed by atoms with Gasteiger partial charge in [0.1, 0.15) is 6.04 Å². The average Bonchev–Trinajstić information content (AvgIpc) is 2.84. The van der Waals surface area contributed by atoms with Gasteiger partial charge in [0.15, 0.2) is 0 Å². The van der Waals surface area contributed by atoms with E-state index in [0.717, 1.165) is 11.4 Å². The van der Waals surface area contributed by atoms with Crippen LogP contribution in [0.2, 0.25) is 0 Å². The van der Waals surface area contributed by atoms with Gasteiger partial charge in [0.25, 0.3) is 0 Å². The van der Waals surface area contributed by atoms with E-state index in [1.54, 1.807) is 22.6 Å². The maximum absolute atomic E-state index is 12.0. The van der Waals surface area contributed by atoms with E-state index in [9.17, 15) is 9.59 Å². The number of carbonyl (C=O) groups excluding carboxylic acids is 1. The first kappa shape index (κ1) is 14.7. The van der Waals surface area contributed by atoms with Gasteiger partial charge in [0.2, 0.25) is 0 Å². The van der Waals surface area contributed by atoms with E-state index in [-0.39, 0.29) is 6.03 Å². The first-order valence-electron chi connectivity index (χ1n) is 6.41. The summed E-state index contributed by atoms with van der Waals surface area (Å²) in [4.78, 5) is 24.6. The summed E-state index contributed by atoms with van der Waals surface area (Å²) in [6, 6.07) is 0.856. The summed E-state index contributed by atoms with van der Waals surface area (Å²) in [5, 5.41) is 16.0. The Morgan fingerprint density at radius 1 is 1.60 bits per heavy atom. The molecule has 1 unspecified atom stereocenters. The third-order valence-corrected chi connectivity index (χ3v) is 4.28. The molecule has 1 aromatic heterocycles. The van der Waals surface area contributed by atoms with Gasteiger partial charge >= 0.3 is 12.0 Å². The molecule has 110 valence electrons. The molecule has 0 aliphatic carbocycles. The van der Waals surface area contributed by atoms with Crippen molar-refractivity contribution in [2.45, 2.75) is 12.5 Å². The number of hydrogen-bond acceptors (Lipinski definition) is 4. The number of aliphatic carboxylic acids is 1. The lowest BCUT2D eigenvalue weighted by atomic mass is 10.3. The van der Waals surface area contributed by atoms with Crippen LogP contribution in [0.5, 0.6) is 0 Å². The number of aromatic nitrogens is 2. The first-order valence-corrected chi connectivity index (χ1v) is 7.57. The number of amides is 2. The number of carbonyl (C=O) groups is 2. The van der Waals surface area contributed by atoms with E-state index in [1.807, 2.05) is 13.1 Å². The van der Waals surface area contributed by atoms with E-state index in [1.165, 1.54) is 4.90 Å². The Labute approximate surface area is 121 Å². The molecule has 1 fully saturated rings. The molecule has 0 aromatic carbocycles. The van der Waals surface area contributed by atoms with Gasteiger partial charge in [-0.2, -0.15) is 16.9 Å². The van der Waals surface area contributed by atoms with Crippen LogP contribution in [0.15, 0.2) is 12.3 Å². The molecule has 1 saturated heterocycles. The Balaban J connectivity index is 1.84. The van der Waals surface area contributed by atoms with E-state index in [2.05, 4.69) is 10.4 Å². The van der Waals surface area contributed by atoms with Crippen molar-refractivity contribution in [2.75, 3.05) is 24.6 Å². The third-order valence-electron chi connectivity index (χ3n) is 3.25. The van der Waals surface area contributed by atoms with E-state index < -0.39 is 12.0 Å². The van der Waals surface area contributed by atoms with Crippen molar-refractivity contribution in [3.05, 3.63) is 18.0 Å². The van der Waals surface area contributed by atoms with Crippen LogP contribution in [0.25, 0.3) is 0 Å². The Morgan fingerprint density at radius 3 is 3.05 bits per heavy atom. The summed E-state index contributed by atoms with van der Waals surface area (Å²) in [5.41, 5.74) is 1.02. The Morgan fingerprint density at radius 2 is 2.40 bits per heavy atom. The molecule has 20 heavy (non-hydrogen) atoms. The fraction of sp³-hybridized carbons (Fsp3) is 0.583. The average molecular weight is 298 g/mol. The number of urea groups is 1. The number of carboxylic acid groups (broad SMARTS) is 1. The molecule has 1 aliphatic heterocycles. The van der Waals surface area contributed by atoms with Gasteiger partial charge in [-0.1, -0.05) is 0 Å². The van der Waals surface area contributed by atoms with Crippen molar-refractivity contribution < 1.29 is 14.7 Å². The first-order chi connectivity index (χ1) is 9.59. The zero-order valence-corrected chi connectivity index (χ0v) is 12.1. The van der Waals surface area contributed by atoms with Crippen LogP contribution in [-0.2, 0) is 18.3 Å². The Bertz CT molecular complexity index is 491. The van der Waals surface area contributed by atoms with Gasteiger partial charge in [-0.05, 0) is 6.07 Å². The Kier molecular flexibility index (Phi) is 4.89. The summed E-state index contributed by atoms with van der Waals surface area (Å²) >= 11 is 1.56. The van der Waals surface area contributed by atoms with Crippen molar-refractivity contribution in [3.8, 4) is 0 Å². The molecule has 2 N–H and O–H groups in total. The fourth-order valence-corrected chi connectivity index (χ4v) is 3.14.